The van der Waals surface area contributed by atoms with Crippen molar-refractivity contribution >= 4 is 5.57 Å². The van der Waals surface area contributed by atoms with Gasteiger partial charge in [0.05, 0.1) is 6.20 Å². The molecule has 120 valence electrons. The molecule has 1 aromatic carbocycles. The van der Waals surface area contributed by atoms with Gasteiger partial charge in [0.15, 0.2) is 0 Å². The van der Waals surface area contributed by atoms with Crippen molar-refractivity contribution in [1.29, 1.82) is 0 Å². The van der Waals surface area contributed by atoms with Crippen LogP contribution in [0.15, 0.2) is 48.8 Å². The SMILES string of the molecule is CCn1cc(C2=CC3CCCC(C2)N3Cc2ccccc2)cn1. The zero-order valence-corrected chi connectivity index (χ0v) is 13.9. The van der Waals surface area contributed by atoms with E-state index in [9.17, 15) is 0 Å². The molecule has 1 aromatic heterocycles. The number of aryl methyl sites for hydroxylation is 1. The molecule has 0 N–H and O–H groups in total. The first-order valence-corrected chi connectivity index (χ1v) is 8.86. The second kappa shape index (κ2) is 6.32. The van der Waals surface area contributed by atoms with E-state index in [4.69, 9.17) is 0 Å². The first kappa shape index (κ1) is 14.7. The minimum Gasteiger partial charge on any atom is -0.289 e. The predicted molar refractivity (Wildman–Crippen MR) is 93.9 cm³/mol. The van der Waals surface area contributed by atoms with Crippen molar-refractivity contribution in [3.8, 4) is 0 Å². The van der Waals surface area contributed by atoms with Gasteiger partial charge in [0.2, 0.25) is 0 Å². The largest absolute Gasteiger partial charge is 0.289 e. The van der Waals surface area contributed by atoms with E-state index >= 15 is 0 Å². The van der Waals surface area contributed by atoms with Gasteiger partial charge in [0.25, 0.3) is 0 Å². The highest BCUT2D eigenvalue weighted by molar-refractivity contribution is 5.66. The van der Waals surface area contributed by atoms with Crippen LogP contribution in [0.1, 0.15) is 43.7 Å². The van der Waals surface area contributed by atoms with Crippen LogP contribution in [0, 0.1) is 0 Å². The molecule has 0 radical (unpaired) electrons. The Balaban J connectivity index is 1.58. The topological polar surface area (TPSA) is 21.1 Å². The normalized spacial score (nSPS) is 24.5. The monoisotopic (exact) mass is 307 g/mol. The highest BCUT2D eigenvalue weighted by Crippen LogP contribution is 2.37. The highest BCUT2D eigenvalue weighted by Gasteiger charge is 2.34. The van der Waals surface area contributed by atoms with Crippen LogP contribution >= 0.6 is 0 Å². The number of aromatic nitrogens is 2. The van der Waals surface area contributed by atoms with Gasteiger partial charge < -0.3 is 0 Å². The van der Waals surface area contributed by atoms with Gasteiger partial charge in [0.1, 0.15) is 0 Å². The van der Waals surface area contributed by atoms with Crippen LogP contribution in [-0.4, -0.2) is 26.8 Å². The maximum absolute atomic E-state index is 4.45. The molecule has 0 spiro atoms. The molecule has 0 saturated carbocycles. The number of hydrogen-bond acceptors (Lipinski definition) is 2. The van der Waals surface area contributed by atoms with E-state index in [1.54, 1.807) is 0 Å². The lowest BCUT2D eigenvalue weighted by Gasteiger charge is -2.45. The van der Waals surface area contributed by atoms with Crippen molar-refractivity contribution in [2.24, 2.45) is 0 Å². The molecule has 3 heteroatoms. The van der Waals surface area contributed by atoms with Gasteiger partial charge in [-0.3, -0.25) is 9.58 Å². The molecule has 2 aromatic rings. The minimum atomic E-state index is 0.586. The Morgan fingerprint density at radius 3 is 2.78 bits per heavy atom. The maximum atomic E-state index is 4.45. The molecule has 3 nitrogen and oxygen atoms in total. The van der Waals surface area contributed by atoms with Crippen LogP contribution in [0.5, 0.6) is 0 Å². The molecule has 2 unspecified atom stereocenters. The molecule has 2 bridgehead atoms. The number of fused-ring (bicyclic) bond motifs is 2. The van der Waals surface area contributed by atoms with Gasteiger partial charge in [-0.15, -0.1) is 0 Å². The smallest absolute Gasteiger partial charge is 0.0564 e. The number of rotatable bonds is 4. The molecule has 4 rings (SSSR count). The van der Waals surface area contributed by atoms with Crippen LogP contribution in [0.3, 0.4) is 0 Å². The van der Waals surface area contributed by atoms with Crippen LogP contribution in [-0.2, 0) is 13.1 Å². The van der Waals surface area contributed by atoms with Crippen LogP contribution in [0.2, 0.25) is 0 Å². The second-order valence-corrected chi connectivity index (χ2v) is 6.79. The van der Waals surface area contributed by atoms with Crippen LogP contribution in [0.25, 0.3) is 5.57 Å². The van der Waals surface area contributed by atoms with Crippen molar-refractivity contribution in [3.63, 3.8) is 0 Å². The second-order valence-electron chi connectivity index (χ2n) is 6.79. The lowest BCUT2D eigenvalue weighted by Crippen LogP contribution is -2.47. The first-order valence-electron chi connectivity index (χ1n) is 8.86. The Labute approximate surface area is 138 Å². The van der Waals surface area contributed by atoms with Crippen molar-refractivity contribution in [2.45, 2.75) is 57.8 Å². The van der Waals surface area contributed by atoms with Gasteiger partial charge >= 0.3 is 0 Å². The summed E-state index contributed by atoms with van der Waals surface area (Å²) in [6, 6.07) is 12.2. The van der Waals surface area contributed by atoms with Gasteiger partial charge in [-0.25, -0.2) is 0 Å². The van der Waals surface area contributed by atoms with Gasteiger partial charge in [0, 0.05) is 36.9 Å². The fourth-order valence-corrected chi connectivity index (χ4v) is 4.07. The predicted octanol–water partition coefficient (Wildman–Crippen LogP) is 4.11. The standard InChI is InChI=1S/C20H25N3/c1-2-22-15-18(13-21-22)17-11-19-9-6-10-20(12-17)23(19)14-16-7-4-3-5-8-16/h3-5,7-8,11,13,15,19-20H,2,6,9-10,12,14H2,1H3. The van der Waals surface area contributed by atoms with E-state index in [1.807, 2.05) is 10.9 Å². The van der Waals surface area contributed by atoms with E-state index in [-0.39, 0.29) is 0 Å². The van der Waals surface area contributed by atoms with E-state index in [1.165, 1.54) is 42.4 Å². The third-order valence-corrected chi connectivity index (χ3v) is 5.32. The fraction of sp³-hybridized carbons (Fsp3) is 0.450. The fourth-order valence-electron chi connectivity index (χ4n) is 4.07. The summed E-state index contributed by atoms with van der Waals surface area (Å²) in [5.74, 6) is 0. The summed E-state index contributed by atoms with van der Waals surface area (Å²) in [7, 11) is 0. The summed E-state index contributed by atoms with van der Waals surface area (Å²) in [6.07, 6.45) is 11.9. The lowest BCUT2D eigenvalue weighted by atomic mass is 9.83. The van der Waals surface area contributed by atoms with Crippen molar-refractivity contribution in [3.05, 3.63) is 59.9 Å². The summed E-state index contributed by atoms with van der Waals surface area (Å²) >= 11 is 0. The molecule has 2 atom stereocenters. The van der Waals surface area contributed by atoms with E-state index in [2.05, 4.69) is 59.5 Å². The minimum absolute atomic E-state index is 0.586. The Morgan fingerprint density at radius 2 is 2.04 bits per heavy atom. The molecule has 0 aliphatic carbocycles. The first-order chi connectivity index (χ1) is 11.3. The molecule has 2 aliphatic heterocycles. The van der Waals surface area contributed by atoms with E-state index in [0.29, 0.717) is 12.1 Å². The number of nitrogens with zero attached hydrogens (tertiary/aromatic N) is 3. The molecular weight excluding hydrogens is 282 g/mol. The Hall–Kier alpha value is -1.87. The van der Waals surface area contributed by atoms with Gasteiger partial charge in [-0.1, -0.05) is 42.8 Å². The van der Waals surface area contributed by atoms with Gasteiger partial charge in [-0.2, -0.15) is 5.10 Å². The third-order valence-electron chi connectivity index (χ3n) is 5.32. The number of piperidine rings is 1. The summed E-state index contributed by atoms with van der Waals surface area (Å²) in [4.78, 5) is 2.71. The molecule has 1 fully saturated rings. The molecule has 23 heavy (non-hydrogen) atoms. The summed E-state index contributed by atoms with van der Waals surface area (Å²) in [5.41, 5.74) is 4.26. The third kappa shape index (κ3) is 2.98. The molecular formula is C20H25N3. The molecule has 3 heterocycles. The summed E-state index contributed by atoms with van der Waals surface area (Å²) < 4.78 is 2.03. The van der Waals surface area contributed by atoms with E-state index < -0.39 is 0 Å². The zero-order chi connectivity index (χ0) is 15.6. The quantitative estimate of drug-likeness (QED) is 0.847. The molecule has 1 saturated heterocycles. The highest BCUT2D eigenvalue weighted by atomic mass is 15.3. The van der Waals surface area contributed by atoms with E-state index in [0.717, 1.165) is 13.1 Å². The maximum Gasteiger partial charge on any atom is 0.0564 e. The zero-order valence-electron chi connectivity index (χ0n) is 13.9. The lowest BCUT2D eigenvalue weighted by molar-refractivity contribution is 0.0951. The Kier molecular flexibility index (Phi) is 4.04. The van der Waals surface area contributed by atoms with Crippen molar-refractivity contribution in [1.82, 2.24) is 14.7 Å². The number of benzene rings is 1. The van der Waals surface area contributed by atoms with Crippen LogP contribution in [0.4, 0.5) is 0 Å². The Morgan fingerprint density at radius 1 is 1.17 bits per heavy atom. The number of hydrogen-bond donors (Lipinski definition) is 0. The van der Waals surface area contributed by atoms with Gasteiger partial charge in [-0.05, 0) is 37.3 Å². The average Bonchev–Trinajstić information content (AvgIpc) is 3.05. The summed E-state index contributed by atoms with van der Waals surface area (Å²) in [5, 5.41) is 4.45. The summed E-state index contributed by atoms with van der Waals surface area (Å²) in [6.45, 7) is 4.16. The molecule has 2 aliphatic rings. The van der Waals surface area contributed by atoms with Crippen molar-refractivity contribution in [2.75, 3.05) is 0 Å². The van der Waals surface area contributed by atoms with Crippen molar-refractivity contribution < 1.29 is 0 Å². The van der Waals surface area contributed by atoms with Crippen LogP contribution < -0.4 is 0 Å². The molecule has 0 amide bonds. The average molecular weight is 307 g/mol. The Bertz CT molecular complexity index is 686.